The van der Waals surface area contributed by atoms with Crippen molar-refractivity contribution in [1.29, 1.82) is 0 Å². The molecule has 0 fully saturated rings. The minimum atomic E-state index is 0. The highest BCUT2D eigenvalue weighted by Crippen LogP contribution is 2.09. The van der Waals surface area contributed by atoms with Crippen LogP contribution in [0.3, 0.4) is 0 Å². The molecule has 0 heterocycles. The summed E-state index contributed by atoms with van der Waals surface area (Å²) in [6.07, 6.45) is 11.1. The number of quaternary nitrogens is 1. The molecule has 0 amide bonds. The molecule has 0 radical (unpaired) electrons. The maximum atomic E-state index is 8.91. The van der Waals surface area contributed by atoms with Crippen LogP contribution >= 0.6 is 0 Å². The van der Waals surface area contributed by atoms with Crippen molar-refractivity contribution >= 4 is 0 Å². The molecule has 0 aliphatic rings. The monoisotopic (exact) mass is 265 g/mol. The van der Waals surface area contributed by atoms with Crippen LogP contribution in [-0.4, -0.2) is 43.4 Å². The molecular formula is C14H32ClNO. The van der Waals surface area contributed by atoms with E-state index in [2.05, 4.69) is 21.0 Å². The second-order valence-corrected chi connectivity index (χ2v) is 5.58. The molecule has 2 nitrogen and oxygen atoms in total. The second kappa shape index (κ2) is 12.7. The number of aliphatic hydroxyl groups excluding tert-OH is 1. The summed E-state index contributed by atoms with van der Waals surface area (Å²) in [5, 5.41) is 8.91. The van der Waals surface area contributed by atoms with Gasteiger partial charge in [-0.2, -0.15) is 0 Å². The van der Waals surface area contributed by atoms with E-state index in [9.17, 15) is 0 Å². The molecule has 17 heavy (non-hydrogen) atoms. The summed E-state index contributed by atoms with van der Waals surface area (Å²) >= 11 is 0. The fraction of sp³-hybridized carbons (Fsp3) is 1.00. The van der Waals surface area contributed by atoms with Gasteiger partial charge in [-0.3, -0.25) is 0 Å². The summed E-state index contributed by atoms with van der Waals surface area (Å²) in [6.45, 7) is 4.66. The number of hydrogen-bond donors (Lipinski definition) is 1. The van der Waals surface area contributed by atoms with Gasteiger partial charge in [-0.25, -0.2) is 0 Å². The molecule has 0 aromatic rings. The topological polar surface area (TPSA) is 20.2 Å². The van der Waals surface area contributed by atoms with Gasteiger partial charge < -0.3 is 22.0 Å². The summed E-state index contributed by atoms with van der Waals surface area (Å²) in [7, 11) is 4.41. The van der Waals surface area contributed by atoms with E-state index in [1.165, 1.54) is 57.9 Å². The Morgan fingerprint density at radius 1 is 0.765 bits per heavy atom. The maximum absolute atomic E-state index is 8.91. The average molecular weight is 266 g/mol. The lowest BCUT2D eigenvalue weighted by molar-refractivity contribution is -0.890. The Morgan fingerprint density at radius 3 is 1.71 bits per heavy atom. The van der Waals surface area contributed by atoms with Gasteiger partial charge >= 0.3 is 0 Å². The second-order valence-electron chi connectivity index (χ2n) is 5.58. The van der Waals surface area contributed by atoms with Crippen molar-refractivity contribution in [3.63, 3.8) is 0 Å². The van der Waals surface area contributed by atoms with Gasteiger partial charge in [0.1, 0.15) is 6.54 Å². The van der Waals surface area contributed by atoms with Crippen molar-refractivity contribution in [3.05, 3.63) is 0 Å². The van der Waals surface area contributed by atoms with Crippen LogP contribution in [0.15, 0.2) is 0 Å². The molecule has 0 unspecified atom stereocenters. The van der Waals surface area contributed by atoms with Crippen molar-refractivity contribution in [2.24, 2.45) is 0 Å². The molecule has 3 heteroatoms. The van der Waals surface area contributed by atoms with Crippen molar-refractivity contribution < 1.29 is 22.0 Å². The SMILES string of the molecule is CCCCCCCCCC[N+](C)(C)CCO.[Cl-]. The molecule has 0 saturated carbocycles. The first-order chi connectivity index (χ1) is 7.62. The zero-order chi connectivity index (χ0) is 12.3. The van der Waals surface area contributed by atoms with E-state index in [1.54, 1.807) is 0 Å². The van der Waals surface area contributed by atoms with Crippen LogP contribution in [0.5, 0.6) is 0 Å². The number of rotatable bonds is 11. The van der Waals surface area contributed by atoms with Crippen LogP contribution in [0.2, 0.25) is 0 Å². The van der Waals surface area contributed by atoms with Crippen molar-refractivity contribution in [1.82, 2.24) is 0 Å². The van der Waals surface area contributed by atoms with E-state index in [1.807, 2.05) is 0 Å². The van der Waals surface area contributed by atoms with Gasteiger partial charge in [-0.15, -0.1) is 0 Å². The third-order valence-corrected chi connectivity index (χ3v) is 3.32. The zero-order valence-electron chi connectivity index (χ0n) is 12.1. The normalized spacial score (nSPS) is 11.3. The fourth-order valence-corrected chi connectivity index (χ4v) is 2.06. The van der Waals surface area contributed by atoms with Crippen molar-refractivity contribution in [3.8, 4) is 0 Å². The van der Waals surface area contributed by atoms with Gasteiger partial charge in [-0.1, -0.05) is 45.4 Å². The average Bonchev–Trinajstić information content (AvgIpc) is 2.22. The first kappa shape index (κ1) is 19.5. The first-order valence-electron chi connectivity index (χ1n) is 7.05. The lowest BCUT2D eigenvalue weighted by Gasteiger charge is -2.28. The van der Waals surface area contributed by atoms with Gasteiger partial charge in [0.05, 0.1) is 27.2 Å². The molecule has 0 atom stereocenters. The van der Waals surface area contributed by atoms with Gasteiger partial charge in [-0.05, 0) is 12.8 Å². The first-order valence-corrected chi connectivity index (χ1v) is 7.05. The van der Waals surface area contributed by atoms with Gasteiger partial charge in [0.25, 0.3) is 0 Å². The molecule has 0 aliphatic heterocycles. The largest absolute Gasteiger partial charge is 1.00 e. The smallest absolute Gasteiger partial charge is 0.102 e. The highest BCUT2D eigenvalue weighted by atomic mass is 35.5. The van der Waals surface area contributed by atoms with Crippen molar-refractivity contribution in [2.75, 3.05) is 33.8 Å². The predicted molar refractivity (Wildman–Crippen MR) is 71.5 cm³/mol. The van der Waals surface area contributed by atoms with Gasteiger partial charge in [0.15, 0.2) is 0 Å². The molecular weight excluding hydrogens is 234 g/mol. The molecule has 0 saturated heterocycles. The zero-order valence-corrected chi connectivity index (χ0v) is 12.8. The van der Waals surface area contributed by atoms with E-state index in [0.29, 0.717) is 6.61 Å². The predicted octanol–water partition coefficient (Wildman–Crippen LogP) is 0.200. The maximum Gasteiger partial charge on any atom is 0.102 e. The number of hydrogen-bond acceptors (Lipinski definition) is 1. The summed E-state index contributed by atoms with van der Waals surface area (Å²) < 4.78 is 0.965. The Kier molecular flexibility index (Phi) is 14.6. The summed E-state index contributed by atoms with van der Waals surface area (Å²) in [5.74, 6) is 0. The van der Waals surface area contributed by atoms with E-state index < -0.39 is 0 Å². The van der Waals surface area contributed by atoms with E-state index in [-0.39, 0.29) is 12.4 Å². The Labute approximate surface area is 114 Å². The van der Waals surface area contributed by atoms with Crippen LogP contribution in [0.25, 0.3) is 0 Å². The fourth-order valence-electron chi connectivity index (χ4n) is 2.06. The van der Waals surface area contributed by atoms with Gasteiger partial charge in [0.2, 0.25) is 0 Å². The Hall–Kier alpha value is 0.210. The highest BCUT2D eigenvalue weighted by Gasteiger charge is 2.12. The Bertz CT molecular complexity index is 151. The van der Waals surface area contributed by atoms with Crippen LogP contribution in [0.1, 0.15) is 58.3 Å². The third kappa shape index (κ3) is 14.1. The number of likely N-dealkylation sites (N-methyl/N-ethyl adjacent to an activating group) is 1. The quantitative estimate of drug-likeness (QED) is 0.418. The standard InChI is InChI=1S/C14H32NO.ClH/c1-4-5-6-7-8-9-10-11-12-15(2,3)13-14-16;/h16H,4-14H2,1-3H3;1H/q+1;/p-1. The number of nitrogens with zero attached hydrogens (tertiary/aromatic N) is 1. The number of aliphatic hydroxyl groups is 1. The van der Waals surface area contributed by atoms with Gasteiger partial charge in [0, 0.05) is 0 Å². The summed E-state index contributed by atoms with van der Waals surface area (Å²) in [4.78, 5) is 0. The molecule has 0 aliphatic carbocycles. The van der Waals surface area contributed by atoms with Crippen LogP contribution in [-0.2, 0) is 0 Å². The molecule has 0 aromatic heterocycles. The lowest BCUT2D eigenvalue weighted by atomic mass is 10.1. The van der Waals surface area contributed by atoms with Crippen LogP contribution in [0.4, 0.5) is 0 Å². The highest BCUT2D eigenvalue weighted by molar-refractivity contribution is 4.46. The molecule has 0 aromatic carbocycles. The number of halogens is 1. The molecule has 0 spiro atoms. The minimum absolute atomic E-state index is 0. The van der Waals surface area contributed by atoms with Crippen molar-refractivity contribution in [2.45, 2.75) is 58.3 Å². The summed E-state index contributed by atoms with van der Waals surface area (Å²) in [5.41, 5.74) is 0. The Balaban J connectivity index is 0. The Morgan fingerprint density at radius 2 is 1.24 bits per heavy atom. The third-order valence-electron chi connectivity index (χ3n) is 3.32. The number of unbranched alkanes of at least 4 members (excludes halogenated alkanes) is 7. The van der Waals surface area contributed by atoms with Crippen LogP contribution < -0.4 is 12.4 Å². The van der Waals surface area contributed by atoms with Crippen LogP contribution in [0, 0.1) is 0 Å². The lowest BCUT2D eigenvalue weighted by Crippen LogP contribution is -3.00. The summed E-state index contributed by atoms with van der Waals surface area (Å²) in [6, 6.07) is 0. The van der Waals surface area contributed by atoms with E-state index >= 15 is 0 Å². The minimum Gasteiger partial charge on any atom is -1.00 e. The molecule has 106 valence electrons. The molecule has 0 bridgehead atoms. The van der Waals surface area contributed by atoms with E-state index in [0.717, 1.165) is 11.0 Å². The molecule has 0 rings (SSSR count). The van der Waals surface area contributed by atoms with E-state index in [4.69, 9.17) is 5.11 Å². The molecule has 1 N–H and O–H groups in total.